The number of ether oxygens (including phenoxy) is 1. The van der Waals surface area contributed by atoms with Crippen molar-refractivity contribution in [2.75, 3.05) is 11.9 Å². The number of nitro benzene ring substituents is 1. The minimum atomic E-state index is -0.671. The van der Waals surface area contributed by atoms with Crippen LogP contribution >= 0.6 is 23.8 Å². The Morgan fingerprint density at radius 3 is 2.58 bits per heavy atom. The number of nitrogens with zero attached hydrogens (tertiary/aromatic N) is 1. The average molecular weight is 464 g/mol. The van der Waals surface area contributed by atoms with Crippen molar-refractivity contribution < 1.29 is 14.5 Å². The third-order valence-corrected chi connectivity index (χ3v) is 5.32. The van der Waals surface area contributed by atoms with Gasteiger partial charge in [-0.15, -0.1) is 0 Å². The molecule has 0 heterocycles. The van der Waals surface area contributed by atoms with Crippen molar-refractivity contribution in [2.45, 2.75) is 40.5 Å². The highest BCUT2D eigenvalue weighted by atomic mass is 35.5. The van der Waals surface area contributed by atoms with Crippen LogP contribution in [0.5, 0.6) is 5.75 Å². The lowest BCUT2D eigenvalue weighted by Crippen LogP contribution is -2.42. The second-order valence-corrected chi connectivity index (χ2v) is 8.75. The molecule has 2 aromatic rings. The zero-order valence-electron chi connectivity index (χ0n) is 18.0. The van der Waals surface area contributed by atoms with Gasteiger partial charge in [0, 0.05) is 17.5 Å². The highest BCUT2D eigenvalue weighted by Gasteiger charge is 2.28. The van der Waals surface area contributed by atoms with Crippen LogP contribution in [0.4, 0.5) is 11.4 Å². The Labute approximate surface area is 192 Å². The second kappa shape index (κ2) is 10.5. The van der Waals surface area contributed by atoms with Crippen LogP contribution in [0.2, 0.25) is 5.02 Å². The van der Waals surface area contributed by atoms with Crippen molar-refractivity contribution in [3.8, 4) is 5.75 Å². The smallest absolute Gasteiger partial charge is 0.271 e. The number of halogens is 1. The van der Waals surface area contributed by atoms with Gasteiger partial charge in [0.25, 0.3) is 5.69 Å². The standard InChI is InChI=1S/C22H26ClN3O4S/c1-14-6-7-15(2)19(12-14)30-11-5-10-22(3,4)20(27)25-21(31)24-18-9-8-16(26(28)29)13-17(18)23/h6-9,12-13H,5,10-11H2,1-4H3,(H2,24,25,27,31). The molecule has 7 nitrogen and oxygen atoms in total. The molecular formula is C22H26ClN3O4S. The van der Waals surface area contributed by atoms with Crippen LogP contribution < -0.4 is 15.4 Å². The first-order valence-electron chi connectivity index (χ1n) is 9.76. The first kappa shape index (κ1) is 24.6. The number of hydrogen-bond acceptors (Lipinski definition) is 5. The van der Waals surface area contributed by atoms with Crippen molar-refractivity contribution in [1.82, 2.24) is 5.32 Å². The molecule has 9 heteroatoms. The number of thiocarbonyl (C=S) groups is 1. The van der Waals surface area contributed by atoms with E-state index in [2.05, 4.69) is 10.6 Å². The van der Waals surface area contributed by atoms with Crippen molar-refractivity contribution in [2.24, 2.45) is 5.41 Å². The summed E-state index contributed by atoms with van der Waals surface area (Å²) in [6.45, 7) is 8.18. The number of aryl methyl sites for hydroxylation is 2. The highest BCUT2D eigenvalue weighted by molar-refractivity contribution is 7.80. The number of rotatable bonds is 8. The van der Waals surface area contributed by atoms with E-state index < -0.39 is 10.3 Å². The summed E-state index contributed by atoms with van der Waals surface area (Å²) >= 11 is 11.2. The van der Waals surface area contributed by atoms with Gasteiger partial charge in [0.15, 0.2) is 5.11 Å². The second-order valence-electron chi connectivity index (χ2n) is 7.93. The van der Waals surface area contributed by atoms with Gasteiger partial charge in [-0.25, -0.2) is 0 Å². The van der Waals surface area contributed by atoms with Gasteiger partial charge in [0.2, 0.25) is 5.91 Å². The normalized spacial score (nSPS) is 11.0. The molecule has 0 spiro atoms. The summed E-state index contributed by atoms with van der Waals surface area (Å²) in [6, 6.07) is 10.0. The van der Waals surface area contributed by atoms with Crippen LogP contribution in [0.15, 0.2) is 36.4 Å². The summed E-state index contributed by atoms with van der Waals surface area (Å²) in [4.78, 5) is 22.9. The minimum absolute atomic E-state index is 0.0699. The fourth-order valence-electron chi connectivity index (χ4n) is 2.82. The van der Waals surface area contributed by atoms with Crippen molar-refractivity contribution in [3.63, 3.8) is 0 Å². The SMILES string of the molecule is Cc1ccc(C)c(OCCCC(C)(C)C(=O)NC(=S)Nc2ccc([N+](=O)[O-])cc2Cl)c1. The van der Waals surface area contributed by atoms with E-state index >= 15 is 0 Å². The Morgan fingerprint density at radius 1 is 1.23 bits per heavy atom. The summed E-state index contributed by atoms with van der Waals surface area (Å²) in [5.41, 5.74) is 1.78. The van der Waals surface area contributed by atoms with E-state index in [4.69, 9.17) is 28.6 Å². The summed E-state index contributed by atoms with van der Waals surface area (Å²) in [5, 5.41) is 16.5. The predicted molar refractivity (Wildman–Crippen MR) is 127 cm³/mol. The molecule has 31 heavy (non-hydrogen) atoms. The minimum Gasteiger partial charge on any atom is -0.493 e. The van der Waals surface area contributed by atoms with E-state index in [1.54, 1.807) is 0 Å². The van der Waals surface area contributed by atoms with Crippen molar-refractivity contribution >= 4 is 46.2 Å². The quantitative estimate of drug-likeness (QED) is 0.230. The zero-order valence-corrected chi connectivity index (χ0v) is 19.5. The number of amides is 1. The molecule has 2 N–H and O–H groups in total. The lowest BCUT2D eigenvalue weighted by molar-refractivity contribution is -0.384. The molecule has 0 saturated carbocycles. The number of hydrogen-bond donors (Lipinski definition) is 2. The summed E-state index contributed by atoms with van der Waals surface area (Å²) in [7, 11) is 0. The van der Waals surface area contributed by atoms with Crippen LogP contribution in [0.1, 0.15) is 37.8 Å². The molecule has 0 aliphatic carbocycles. The number of anilines is 1. The van der Waals surface area contributed by atoms with E-state index in [9.17, 15) is 14.9 Å². The molecule has 0 saturated heterocycles. The third kappa shape index (κ3) is 7.18. The van der Waals surface area contributed by atoms with Crippen molar-refractivity contribution in [1.29, 1.82) is 0 Å². The largest absolute Gasteiger partial charge is 0.493 e. The van der Waals surface area contributed by atoms with Gasteiger partial charge in [0.05, 0.1) is 22.2 Å². The van der Waals surface area contributed by atoms with Gasteiger partial charge < -0.3 is 15.4 Å². The number of benzene rings is 2. The van der Waals surface area contributed by atoms with Crippen LogP contribution in [0.3, 0.4) is 0 Å². The van der Waals surface area contributed by atoms with E-state index in [0.29, 0.717) is 25.1 Å². The molecule has 1 amide bonds. The van der Waals surface area contributed by atoms with Gasteiger partial charge in [-0.05, 0) is 62.2 Å². The van der Waals surface area contributed by atoms with Crippen LogP contribution in [-0.2, 0) is 4.79 Å². The lowest BCUT2D eigenvalue weighted by Gasteiger charge is -2.24. The van der Waals surface area contributed by atoms with Gasteiger partial charge in [-0.2, -0.15) is 0 Å². The number of carbonyl (C=O) groups is 1. The van der Waals surface area contributed by atoms with E-state index in [1.165, 1.54) is 18.2 Å². The molecule has 166 valence electrons. The lowest BCUT2D eigenvalue weighted by atomic mass is 9.87. The molecule has 0 aliphatic rings. The van der Waals surface area contributed by atoms with Crippen LogP contribution in [0.25, 0.3) is 0 Å². The van der Waals surface area contributed by atoms with E-state index in [0.717, 1.165) is 16.9 Å². The molecule has 0 unspecified atom stereocenters. The molecule has 0 aromatic heterocycles. The highest BCUT2D eigenvalue weighted by Crippen LogP contribution is 2.27. The van der Waals surface area contributed by atoms with Crippen LogP contribution in [-0.4, -0.2) is 22.5 Å². The summed E-state index contributed by atoms with van der Waals surface area (Å²) in [5.74, 6) is 0.613. The Bertz CT molecular complexity index is 995. The number of non-ortho nitro benzene ring substituents is 1. The van der Waals surface area contributed by atoms with Crippen molar-refractivity contribution in [3.05, 3.63) is 62.7 Å². The predicted octanol–water partition coefficient (Wildman–Crippen LogP) is 5.56. The maximum Gasteiger partial charge on any atom is 0.271 e. The number of nitrogens with one attached hydrogen (secondary N) is 2. The topological polar surface area (TPSA) is 93.5 Å². The molecule has 0 fully saturated rings. The first-order chi connectivity index (χ1) is 14.5. The van der Waals surface area contributed by atoms with Gasteiger partial charge >= 0.3 is 0 Å². The molecule has 2 aromatic carbocycles. The monoisotopic (exact) mass is 463 g/mol. The molecule has 0 radical (unpaired) electrons. The maximum absolute atomic E-state index is 12.7. The third-order valence-electron chi connectivity index (χ3n) is 4.80. The fraction of sp³-hybridized carbons (Fsp3) is 0.364. The van der Waals surface area contributed by atoms with Gasteiger partial charge in [-0.1, -0.05) is 37.6 Å². The molecule has 0 bridgehead atoms. The first-order valence-corrected chi connectivity index (χ1v) is 10.5. The van der Waals surface area contributed by atoms with E-state index in [-0.39, 0.29) is 21.7 Å². The number of carbonyl (C=O) groups excluding carboxylic acids is 1. The van der Waals surface area contributed by atoms with Crippen LogP contribution in [0, 0.1) is 29.4 Å². The summed E-state index contributed by atoms with van der Waals surface area (Å²) in [6.07, 6.45) is 1.30. The number of nitro groups is 1. The molecular weight excluding hydrogens is 438 g/mol. The fourth-order valence-corrected chi connectivity index (χ4v) is 3.24. The average Bonchev–Trinajstić information content (AvgIpc) is 2.69. The van der Waals surface area contributed by atoms with E-state index in [1.807, 2.05) is 45.9 Å². The van der Waals surface area contributed by atoms with Gasteiger partial charge in [-0.3, -0.25) is 14.9 Å². The molecule has 0 aliphatic heterocycles. The maximum atomic E-state index is 12.7. The Kier molecular flexibility index (Phi) is 8.36. The Hall–Kier alpha value is -2.71. The zero-order chi connectivity index (χ0) is 23.2. The Balaban J connectivity index is 1.85. The Morgan fingerprint density at radius 2 is 1.94 bits per heavy atom. The molecule has 0 atom stereocenters. The summed E-state index contributed by atoms with van der Waals surface area (Å²) < 4.78 is 5.86. The molecule has 2 rings (SSSR count). The van der Waals surface area contributed by atoms with Gasteiger partial charge in [0.1, 0.15) is 5.75 Å².